The second kappa shape index (κ2) is 5.17. The van der Waals surface area contributed by atoms with Crippen molar-refractivity contribution in [3.63, 3.8) is 0 Å². The van der Waals surface area contributed by atoms with Crippen molar-refractivity contribution < 1.29 is 39.5 Å². The summed E-state index contributed by atoms with van der Waals surface area (Å²) in [6.07, 6.45) is -12.7. The van der Waals surface area contributed by atoms with Crippen LogP contribution < -0.4 is 0 Å². The molecule has 0 aromatic heterocycles. The summed E-state index contributed by atoms with van der Waals surface area (Å²) in [6.45, 7) is -3.01. The molecule has 9 heteroatoms. The number of halogens is 9. The van der Waals surface area contributed by atoms with Gasteiger partial charge in [0.25, 0.3) is 0 Å². The predicted molar refractivity (Wildman–Crippen MR) is 49.8 cm³/mol. The third-order valence-corrected chi connectivity index (χ3v) is 2.45. The molecular formula is C11H6F9. The molecule has 0 spiro atoms. The van der Waals surface area contributed by atoms with Crippen LogP contribution in [-0.4, -0.2) is 12.4 Å². The van der Waals surface area contributed by atoms with E-state index in [1.807, 2.05) is 6.07 Å². The molecule has 0 saturated heterocycles. The molecule has 0 amide bonds. The SMILES string of the molecule is FCc1[c]c(CF)cc(C(F)(C(F)(F)F)C(F)(F)F)c1. The molecule has 1 rings (SSSR count). The minimum atomic E-state index is -6.33. The summed E-state index contributed by atoms with van der Waals surface area (Å²) in [5.41, 5.74) is -9.23. The van der Waals surface area contributed by atoms with E-state index in [2.05, 4.69) is 0 Å². The molecule has 0 nitrogen and oxygen atoms in total. The van der Waals surface area contributed by atoms with E-state index in [4.69, 9.17) is 0 Å². The smallest absolute Gasteiger partial charge is 0.246 e. The van der Waals surface area contributed by atoms with Crippen molar-refractivity contribution in [2.24, 2.45) is 0 Å². The van der Waals surface area contributed by atoms with Gasteiger partial charge in [-0.25, -0.2) is 13.2 Å². The second-order valence-electron chi connectivity index (χ2n) is 3.84. The first-order chi connectivity index (χ1) is 8.97. The van der Waals surface area contributed by atoms with Crippen LogP contribution >= 0.6 is 0 Å². The van der Waals surface area contributed by atoms with E-state index >= 15 is 0 Å². The van der Waals surface area contributed by atoms with Crippen LogP contribution in [-0.2, 0) is 19.0 Å². The Balaban J connectivity index is 3.58. The predicted octanol–water partition coefficient (Wildman–Crippen LogP) is 4.72. The molecule has 0 saturated carbocycles. The molecule has 0 bridgehead atoms. The fourth-order valence-electron chi connectivity index (χ4n) is 1.53. The van der Waals surface area contributed by atoms with E-state index in [9.17, 15) is 39.5 Å². The van der Waals surface area contributed by atoms with Crippen molar-refractivity contribution in [2.75, 3.05) is 0 Å². The van der Waals surface area contributed by atoms with Crippen LogP contribution in [0.5, 0.6) is 0 Å². The normalized spacial score (nSPS) is 13.7. The van der Waals surface area contributed by atoms with Crippen molar-refractivity contribution in [2.45, 2.75) is 31.4 Å². The van der Waals surface area contributed by atoms with Gasteiger partial charge < -0.3 is 0 Å². The minimum Gasteiger partial charge on any atom is -0.246 e. The van der Waals surface area contributed by atoms with Gasteiger partial charge in [0.1, 0.15) is 13.3 Å². The maximum atomic E-state index is 13.7. The summed E-state index contributed by atoms with van der Waals surface area (Å²) in [6, 6.07) is 1.96. The Hall–Kier alpha value is -1.41. The lowest BCUT2D eigenvalue weighted by atomic mass is 9.91. The third-order valence-electron chi connectivity index (χ3n) is 2.45. The van der Waals surface area contributed by atoms with Gasteiger partial charge in [-0.15, -0.1) is 0 Å². The highest BCUT2D eigenvalue weighted by atomic mass is 19.4. The van der Waals surface area contributed by atoms with Gasteiger partial charge in [-0.1, -0.05) is 0 Å². The Morgan fingerprint density at radius 2 is 1.10 bits per heavy atom. The molecule has 1 aromatic carbocycles. The van der Waals surface area contributed by atoms with Gasteiger partial charge in [0, 0.05) is 5.56 Å². The molecule has 0 aliphatic heterocycles. The zero-order valence-electron chi connectivity index (χ0n) is 9.47. The van der Waals surface area contributed by atoms with Gasteiger partial charge in [0.2, 0.25) is 0 Å². The maximum Gasteiger partial charge on any atom is 0.435 e. The van der Waals surface area contributed by atoms with Crippen LogP contribution in [0, 0.1) is 6.07 Å². The summed E-state index contributed by atoms with van der Waals surface area (Å²) >= 11 is 0. The van der Waals surface area contributed by atoms with Crippen LogP contribution in [0.1, 0.15) is 16.7 Å². The van der Waals surface area contributed by atoms with Crippen molar-refractivity contribution >= 4 is 0 Å². The summed E-state index contributed by atoms with van der Waals surface area (Å²) in [5, 5.41) is 0. The Bertz CT molecular complexity index is 436. The molecular weight excluding hydrogens is 303 g/mol. The summed E-state index contributed by atoms with van der Waals surface area (Å²) in [5.74, 6) is 0. The van der Waals surface area contributed by atoms with Crippen LogP contribution in [0.15, 0.2) is 12.1 Å². The first kappa shape index (κ1) is 16.6. The minimum absolute atomic E-state index is 0.0279. The van der Waals surface area contributed by atoms with Crippen LogP contribution in [0.3, 0.4) is 0 Å². The van der Waals surface area contributed by atoms with E-state index in [-0.39, 0.29) is 12.1 Å². The van der Waals surface area contributed by atoms with Crippen molar-refractivity contribution in [1.29, 1.82) is 0 Å². The molecule has 0 atom stereocenters. The Kier molecular flexibility index (Phi) is 4.31. The monoisotopic (exact) mass is 309 g/mol. The number of rotatable bonds is 3. The van der Waals surface area contributed by atoms with E-state index < -0.39 is 48.1 Å². The molecule has 0 aliphatic carbocycles. The largest absolute Gasteiger partial charge is 0.435 e. The Morgan fingerprint density at radius 1 is 0.750 bits per heavy atom. The standard InChI is InChI=1S/C11H6F9/c12-4-6-1-7(5-13)3-8(2-6)9(14,10(15,16)17)11(18,19)20/h2-3H,4-5H2. The Morgan fingerprint density at radius 3 is 1.35 bits per heavy atom. The number of benzene rings is 1. The average molecular weight is 309 g/mol. The molecule has 0 heterocycles. The molecule has 0 unspecified atom stereocenters. The molecule has 0 fully saturated rings. The second-order valence-corrected chi connectivity index (χ2v) is 3.84. The quantitative estimate of drug-likeness (QED) is 0.709. The van der Waals surface area contributed by atoms with Crippen molar-refractivity contribution in [3.8, 4) is 0 Å². The van der Waals surface area contributed by atoms with Crippen molar-refractivity contribution in [3.05, 3.63) is 34.9 Å². The van der Waals surface area contributed by atoms with Gasteiger partial charge in [-0.3, -0.25) is 0 Å². The lowest BCUT2D eigenvalue weighted by Crippen LogP contribution is -2.50. The topological polar surface area (TPSA) is 0 Å². The number of alkyl halides is 9. The fourth-order valence-corrected chi connectivity index (χ4v) is 1.53. The van der Waals surface area contributed by atoms with Gasteiger partial charge in [0.15, 0.2) is 0 Å². The van der Waals surface area contributed by atoms with E-state index in [1.165, 1.54) is 0 Å². The molecule has 0 N–H and O–H groups in total. The fraction of sp³-hybridized carbons (Fsp3) is 0.455. The van der Waals surface area contributed by atoms with Crippen LogP contribution in [0.4, 0.5) is 39.5 Å². The first-order valence-electron chi connectivity index (χ1n) is 4.97. The van der Waals surface area contributed by atoms with Gasteiger partial charge in [-0.2, -0.15) is 26.3 Å². The van der Waals surface area contributed by atoms with Crippen LogP contribution in [0.2, 0.25) is 0 Å². The van der Waals surface area contributed by atoms with E-state index in [0.717, 1.165) is 0 Å². The molecule has 113 valence electrons. The lowest BCUT2D eigenvalue weighted by Gasteiger charge is -2.30. The molecule has 0 aliphatic rings. The van der Waals surface area contributed by atoms with E-state index in [1.54, 1.807) is 0 Å². The van der Waals surface area contributed by atoms with Gasteiger partial charge in [-0.05, 0) is 29.3 Å². The lowest BCUT2D eigenvalue weighted by molar-refractivity contribution is -0.348. The third kappa shape index (κ3) is 2.71. The summed E-state index contributed by atoms with van der Waals surface area (Å²) in [7, 11) is 0. The zero-order valence-corrected chi connectivity index (χ0v) is 9.47. The first-order valence-corrected chi connectivity index (χ1v) is 4.97. The summed E-state index contributed by atoms with van der Waals surface area (Å²) < 4.78 is 113. The highest BCUT2D eigenvalue weighted by Crippen LogP contribution is 2.53. The van der Waals surface area contributed by atoms with Crippen LogP contribution in [0.25, 0.3) is 0 Å². The highest BCUT2D eigenvalue weighted by molar-refractivity contribution is 5.35. The zero-order chi connectivity index (χ0) is 15.8. The molecule has 1 aromatic rings. The Labute approximate surface area is 107 Å². The molecule has 1 radical (unpaired) electrons. The van der Waals surface area contributed by atoms with E-state index in [0.29, 0.717) is 0 Å². The van der Waals surface area contributed by atoms with Gasteiger partial charge in [0.05, 0.1) is 0 Å². The number of hydrogen-bond donors (Lipinski definition) is 0. The number of hydrogen-bond acceptors (Lipinski definition) is 0. The maximum absolute atomic E-state index is 13.7. The molecule has 20 heavy (non-hydrogen) atoms. The average Bonchev–Trinajstić information content (AvgIpc) is 2.34. The highest BCUT2D eigenvalue weighted by Gasteiger charge is 2.73. The van der Waals surface area contributed by atoms with Crippen molar-refractivity contribution in [1.82, 2.24) is 0 Å². The van der Waals surface area contributed by atoms with Gasteiger partial charge >= 0.3 is 18.0 Å². The summed E-state index contributed by atoms with van der Waals surface area (Å²) in [4.78, 5) is 0.